The third-order valence-electron chi connectivity index (χ3n) is 1.80. The Labute approximate surface area is 74.9 Å². The van der Waals surface area contributed by atoms with Crippen molar-refractivity contribution in [3.63, 3.8) is 0 Å². The number of aryl methyl sites for hydroxylation is 1. The molecule has 1 nitrogen and oxygen atoms in total. The zero-order valence-electron chi connectivity index (χ0n) is 6.04. The molecule has 2 N–H and O–H groups in total. The van der Waals surface area contributed by atoms with Gasteiger partial charge in [0.2, 0.25) is 0 Å². The predicted molar refractivity (Wildman–Crippen MR) is 50.9 cm³/mol. The van der Waals surface area contributed by atoms with Gasteiger partial charge in [-0.15, -0.1) is 11.8 Å². The molecule has 1 aromatic carbocycles. The van der Waals surface area contributed by atoms with Crippen molar-refractivity contribution in [3.05, 3.63) is 23.8 Å². The van der Waals surface area contributed by atoms with Crippen LogP contribution >= 0.6 is 23.7 Å². The Morgan fingerprint density at radius 1 is 1.45 bits per heavy atom. The highest BCUT2D eigenvalue weighted by Crippen LogP contribution is 2.33. The smallest absolute Gasteiger partial charge is 0.0237 e. The normalized spacial score (nSPS) is 15.0. The van der Waals surface area contributed by atoms with Crippen LogP contribution in [0.15, 0.2) is 28.0 Å². The third-order valence-corrected chi connectivity index (χ3v) is 3.43. The van der Waals surface area contributed by atoms with Crippen molar-refractivity contribution in [1.29, 1.82) is 0 Å². The van der Waals surface area contributed by atoms with E-state index in [0.717, 1.165) is 4.90 Å². The Morgan fingerprint density at radius 2 is 2.36 bits per heavy atom. The fraction of sp³-hybridized carbons (Fsp3) is 0.250. The minimum Gasteiger partial charge on any atom is -0.274 e. The molecular weight excluding hydrogens is 174 g/mol. The van der Waals surface area contributed by atoms with Crippen molar-refractivity contribution in [2.45, 2.75) is 16.2 Å². The molecule has 0 aromatic heterocycles. The quantitative estimate of drug-likeness (QED) is 0.677. The summed E-state index contributed by atoms with van der Waals surface area (Å²) in [6.45, 7) is 0. The summed E-state index contributed by atoms with van der Waals surface area (Å²) in [5.41, 5.74) is 1.48. The molecule has 0 atom stereocenters. The van der Waals surface area contributed by atoms with Crippen LogP contribution in [0.2, 0.25) is 0 Å². The molecule has 0 spiro atoms. The number of benzene rings is 1. The van der Waals surface area contributed by atoms with E-state index < -0.39 is 0 Å². The second-order valence-corrected chi connectivity index (χ2v) is 4.33. The maximum atomic E-state index is 5.45. The summed E-state index contributed by atoms with van der Waals surface area (Å²) >= 11 is 3.25. The summed E-state index contributed by atoms with van der Waals surface area (Å²) in [6, 6.07) is 6.46. The number of rotatable bonds is 1. The molecule has 0 saturated heterocycles. The van der Waals surface area contributed by atoms with Crippen molar-refractivity contribution in [1.82, 2.24) is 0 Å². The Balaban J connectivity index is 2.41. The lowest BCUT2D eigenvalue weighted by molar-refractivity contribution is 1.13. The van der Waals surface area contributed by atoms with Crippen molar-refractivity contribution >= 4 is 23.7 Å². The average Bonchev–Trinajstić information content (AvgIpc) is 2.50. The largest absolute Gasteiger partial charge is 0.274 e. The summed E-state index contributed by atoms with van der Waals surface area (Å²) in [5, 5.41) is 5.45. The van der Waals surface area contributed by atoms with Gasteiger partial charge in [-0.3, -0.25) is 5.14 Å². The summed E-state index contributed by atoms with van der Waals surface area (Å²) in [5.74, 6) is 1.23. The lowest BCUT2D eigenvalue weighted by Crippen LogP contribution is -1.82. The molecule has 58 valence electrons. The van der Waals surface area contributed by atoms with Gasteiger partial charge >= 0.3 is 0 Å². The molecule has 0 bridgehead atoms. The van der Waals surface area contributed by atoms with E-state index in [1.54, 1.807) is 0 Å². The summed E-state index contributed by atoms with van der Waals surface area (Å²) < 4.78 is 0. The van der Waals surface area contributed by atoms with Crippen LogP contribution in [0, 0.1) is 0 Å². The average molecular weight is 183 g/mol. The number of fused-ring (bicyclic) bond motifs is 1. The summed E-state index contributed by atoms with van der Waals surface area (Å²) in [4.78, 5) is 2.58. The molecule has 0 aliphatic carbocycles. The Hall–Kier alpha value is -0.120. The van der Waals surface area contributed by atoms with Gasteiger partial charge < -0.3 is 0 Å². The predicted octanol–water partition coefficient (Wildman–Crippen LogP) is 2.30. The van der Waals surface area contributed by atoms with Crippen LogP contribution in [0.3, 0.4) is 0 Å². The molecular formula is C8H9NS2. The van der Waals surface area contributed by atoms with Crippen LogP contribution in [0.5, 0.6) is 0 Å². The second kappa shape index (κ2) is 3.09. The van der Waals surface area contributed by atoms with Crippen molar-refractivity contribution in [2.75, 3.05) is 5.75 Å². The number of nitrogens with two attached hydrogens (primary N) is 1. The highest BCUT2D eigenvalue weighted by molar-refractivity contribution is 7.99. The monoisotopic (exact) mass is 183 g/mol. The first-order valence-corrected chi connectivity index (χ1v) is 5.39. The number of hydrogen-bond acceptors (Lipinski definition) is 3. The van der Waals surface area contributed by atoms with Crippen LogP contribution in [0.25, 0.3) is 0 Å². The van der Waals surface area contributed by atoms with Crippen molar-refractivity contribution in [2.24, 2.45) is 5.14 Å². The topological polar surface area (TPSA) is 26.0 Å². The van der Waals surface area contributed by atoms with Crippen LogP contribution in [-0.4, -0.2) is 5.75 Å². The van der Waals surface area contributed by atoms with E-state index in [2.05, 4.69) is 18.2 Å². The molecule has 0 amide bonds. The first-order valence-electron chi connectivity index (χ1n) is 3.52. The molecule has 0 saturated carbocycles. The Kier molecular flexibility index (Phi) is 2.11. The summed E-state index contributed by atoms with van der Waals surface area (Å²) in [6.07, 6.45) is 1.22. The zero-order chi connectivity index (χ0) is 7.68. The standard InChI is InChI=1S/C8H9NS2/c9-11-7-2-1-6-3-4-10-8(6)5-7/h1-2,5H,3-4,9H2. The lowest BCUT2D eigenvalue weighted by atomic mass is 10.2. The molecule has 3 heteroatoms. The molecule has 1 aromatic rings. The van der Waals surface area contributed by atoms with E-state index in [1.807, 2.05) is 11.8 Å². The van der Waals surface area contributed by atoms with Crippen LogP contribution in [0.1, 0.15) is 5.56 Å². The SMILES string of the molecule is NSc1ccc2c(c1)SCC2. The van der Waals surface area contributed by atoms with Gasteiger partial charge in [-0.25, -0.2) is 0 Å². The Bertz CT molecular complexity index is 273. The molecule has 0 radical (unpaired) electrons. The summed E-state index contributed by atoms with van der Waals surface area (Å²) in [7, 11) is 0. The molecule has 1 aliphatic heterocycles. The Morgan fingerprint density at radius 3 is 3.18 bits per heavy atom. The third kappa shape index (κ3) is 1.41. The van der Waals surface area contributed by atoms with Gasteiger partial charge in [0.15, 0.2) is 0 Å². The van der Waals surface area contributed by atoms with Gasteiger partial charge in [-0.1, -0.05) is 6.07 Å². The molecule has 11 heavy (non-hydrogen) atoms. The van der Waals surface area contributed by atoms with E-state index in [9.17, 15) is 0 Å². The highest BCUT2D eigenvalue weighted by Gasteiger charge is 2.10. The van der Waals surface area contributed by atoms with Gasteiger partial charge in [0.1, 0.15) is 0 Å². The van der Waals surface area contributed by atoms with E-state index in [4.69, 9.17) is 5.14 Å². The number of hydrogen-bond donors (Lipinski definition) is 1. The van der Waals surface area contributed by atoms with Crippen LogP contribution in [-0.2, 0) is 6.42 Å². The van der Waals surface area contributed by atoms with E-state index in [0.29, 0.717) is 0 Å². The maximum absolute atomic E-state index is 5.45. The van der Waals surface area contributed by atoms with Gasteiger partial charge in [-0.2, -0.15) is 0 Å². The van der Waals surface area contributed by atoms with Gasteiger partial charge in [0.05, 0.1) is 0 Å². The fourth-order valence-corrected chi connectivity index (χ4v) is 2.73. The van der Waals surface area contributed by atoms with Gasteiger partial charge in [0.25, 0.3) is 0 Å². The van der Waals surface area contributed by atoms with Gasteiger partial charge in [0, 0.05) is 15.5 Å². The van der Waals surface area contributed by atoms with E-state index >= 15 is 0 Å². The maximum Gasteiger partial charge on any atom is 0.0237 e. The minimum atomic E-state index is 1.16. The first kappa shape index (κ1) is 7.53. The van der Waals surface area contributed by atoms with Crippen molar-refractivity contribution < 1.29 is 0 Å². The second-order valence-electron chi connectivity index (χ2n) is 2.49. The lowest BCUT2D eigenvalue weighted by Gasteiger charge is -1.99. The molecule has 0 unspecified atom stereocenters. The molecule has 2 rings (SSSR count). The fourth-order valence-electron chi connectivity index (χ4n) is 1.22. The van der Waals surface area contributed by atoms with Crippen LogP contribution < -0.4 is 5.14 Å². The van der Waals surface area contributed by atoms with Crippen molar-refractivity contribution in [3.8, 4) is 0 Å². The van der Waals surface area contributed by atoms with Crippen LogP contribution in [0.4, 0.5) is 0 Å². The van der Waals surface area contributed by atoms with E-state index in [-0.39, 0.29) is 0 Å². The molecule has 1 heterocycles. The first-order chi connectivity index (χ1) is 5.40. The molecule has 1 aliphatic rings. The van der Waals surface area contributed by atoms with Gasteiger partial charge in [-0.05, 0) is 36.1 Å². The highest BCUT2D eigenvalue weighted by atomic mass is 32.2. The minimum absolute atomic E-state index is 1.16. The zero-order valence-corrected chi connectivity index (χ0v) is 7.67. The number of thioether (sulfide) groups is 1. The van der Waals surface area contributed by atoms with E-state index in [1.165, 1.54) is 34.6 Å². The molecule has 0 fully saturated rings.